The Balaban J connectivity index is 1.11. The van der Waals surface area contributed by atoms with Gasteiger partial charge in [-0.1, -0.05) is 25.0 Å². The molecule has 4 unspecified atom stereocenters. The largest absolute Gasteiger partial charge is 0.495 e. The van der Waals surface area contributed by atoms with Crippen molar-refractivity contribution in [3.05, 3.63) is 35.4 Å². The first-order valence-corrected chi connectivity index (χ1v) is 13.4. The first-order chi connectivity index (χ1) is 16.6. The fourth-order valence-electron chi connectivity index (χ4n) is 7.51. The first kappa shape index (κ1) is 22.1. The van der Waals surface area contributed by atoms with Crippen molar-refractivity contribution >= 4 is 5.69 Å². The molecule has 1 aromatic heterocycles. The molecule has 2 bridgehead atoms. The number of anilines is 1. The van der Waals surface area contributed by atoms with Crippen LogP contribution in [-0.4, -0.2) is 59.5 Å². The molecule has 4 aliphatic rings. The van der Waals surface area contributed by atoms with Crippen LogP contribution in [0.15, 0.2) is 24.3 Å². The van der Waals surface area contributed by atoms with Crippen LogP contribution >= 0.6 is 0 Å². The molecule has 1 aromatic carbocycles. The van der Waals surface area contributed by atoms with Gasteiger partial charge in [-0.05, 0) is 67.9 Å². The average Bonchev–Trinajstić information content (AvgIpc) is 3.56. The number of piperazine rings is 1. The van der Waals surface area contributed by atoms with Gasteiger partial charge in [0.25, 0.3) is 0 Å². The van der Waals surface area contributed by atoms with Gasteiger partial charge in [-0.25, -0.2) is 0 Å². The van der Waals surface area contributed by atoms with Gasteiger partial charge >= 0.3 is 0 Å². The summed E-state index contributed by atoms with van der Waals surface area (Å²) in [6, 6.07) is 8.32. The second kappa shape index (κ2) is 9.03. The van der Waals surface area contributed by atoms with Crippen molar-refractivity contribution in [2.45, 2.75) is 63.3 Å². The monoisotopic (exact) mass is 465 g/mol. The normalized spacial score (nSPS) is 28.9. The standard InChI is InChI=1S/C28H39N3O3/c1-34-24-9-5-4-8-23(24)30-14-12-29(13-15-30)17-21-6-2-3-7-22(21)18-31-27(32)25-19-10-11-20(16-19)26(25)28(31)33/h4-5,8-9,19-22,32-33H,2-3,6-7,10-18H2,1H3. The zero-order valence-electron chi connectivity index (χ0n) is 20.5. The highest BCUT2D eigenvalue weighted by Crippen LogP contribution is 2.60. The smallest absolute Gasteiger partial charge is 0.197 e. The Morgan fingerprint density at radius 3 is 2.09 bits per heavy atom. The number of methoxy groups -OCH3 is 1. The fourth-order valence-corrected chi connectivity index (χ4v) is 7.51. The number of aromatic nitrogens is 1. The summed E-state index contributed by atoms with van der Waals surface area (Å²) in [5.41, 5.74) is 3.35. The van der Waals surface area contributed by atoms with Gasteiger partial charge in [0, 0.05) is 50.4 Å². The summed E-state index contributed by atoms with van der Waals surface area (Å²) in [5, 5.41) is 22.1. The maximum Gasteiger partial charge on any atom is 0.197 e. The minimum absolute atomic E-state index is 0.370. The van der Waals surface area contributed by atoms with Crippen LogP contribution in [0.3, 0.4) is 0 Å². The molecule has 34 heavy (non-hydrogen) atoms. The molecule has 184 valence electrons. The lowest BCUT2D eigenvalue weighted by Gasteiger charge is -2.40. The van der Waals surface area contributed by atoms with Gasteiger partial charge in [0.1, 0.15) is 5.75 Å². The van der Waals surface area contributed by atoms with Crippen molar-refractivity contribution in [1.82, 2.24) is 9.47 Å². The Morgan fingerprint density at radius 1 is 0.824 bits per heavy atom. The minimum Gasteiger partial charge on any atom is -0.495 e. The predicted octanol–water partition coefficient (Wildman–Crippen LogP) is 4.90. The van der Waals surface area contributed by atoms with E-state index in [2.05, 4.69) is 21.9 Å². The van der Waals surface area contributed by atoms with Gasteiger partial charge in [-0.3, -0.25) is 9.47 Å². The molecule has 6 nitrogen and oxygen atoms in total. The van der Waals surface area contributed by atoms with Gasteiger partial charge in [0.2, 0.25) is 0 Å². The van der Waals surface area contributed by atoms with Crippen molar-refractivity contribution in [2.75, 3.05) is 44.7 Å². The fraction of sp³-hybridized carbons (Fsp3) is 0.643. The Hall–Kier alpha value is -2.34. The summed E-state index contributed by atoms with van der Waals surface area (Å²) in [7, 11) is 1.75. The summed E-state index contributed by atoms with van der Waals surface area (Å²) >= 11 is 0. The van der Waals surface area contributed by atoms with Crippen molar-refractivity contribution in [2.24, 2.45) is 11.8 Å². The van der Waals surface area contributed by atoms with Crippen LogP contribution in [0, 0.1) is 11.8 Å². The highest BCUT2D eigenvalue weighted by Gasteiger charge is 2.44. The van der Waals surface area contributed by atoms with E-state index < -0.39 is 0 Å². The molecule has 1 saturated heterocycles. The van der Waals surface area contributed by atoms with E-state index in [4.69, 9.17) is 4.74 Å². The lowest BCUT2D eigenvalue weighted by atomic mass is 9.78. The molecule has 2 saturated carbocycles. The van der Waals surface area contributed by atoms with E-state index in [1.807, 2.05) is 16.7 Å². The number of fused-ring (bicyclic) bond motifs is 5. The number of para-hydroxylation sites is 2. The lowest BCUT2D eigenvalue weighted by Crippen LogP contribution is -2.49. The molecule has 2 N–H and O–H groups in total. The minimum atomic E-state index is 0.370. The molecule has 6 rings (SSSR count). The first-order valence-electron chi connectivity index (χ1n) is 13.4. The Morgan fingerprint density at radius 2 is 1.44 bits per heavy atom. The Bertz CT molecular complexity index is 993. The molecule has 0 spiro atoms. The van der Waals surface area contributed by atoms with Crippen LogP contribution in [0.1, 0.15) is 67.9 Å². The van der Waals surface area contributed by atoms with Crippen molar-refractivity contribution in [3.8, 4) is 17.5 Å². The number of hydrogen-bond acceptors (Lipinski definition) is 5. The van der Waals surface area contributed by atoms with Gasteiger partial charge < -0.3 is 19.8 Å². The van der Waals surface area contributed by atoms with Gasteiger partial charge in [-0.2, -0.15) is 0 Å². The van der Waals surface area contributed by atoms with Crippen LogP contribution in [0.25, 0.3) is 0 Å². The zero-order valence-corrected chi connectivity index (χ0v) is 20.5. The van der Waals surface area contributed by atoms with Gasteiger partial charge in [0.15, 0.2) is 11.8 Å². The third-order valence-electron chi connectivity index (χ3n) is 9.31. The topological polar surface area (TPSA) is 61.1 Å². The lowest BCUT2D eigenvalue weighted by molar-refractivity contribution is 0.130. The molecule has 3 fully saturated rings. The molecule has 0 amide bonds. The summed E-state index contributed by atoms with van der Waals surface area (Å²) in [6.07, 6.45) is 8.47. The van der Waals surface area contributed by atoms with E-state index in [0.29, 0.717) is 35.4 Å². The summed E-state index contributed by atoms with van der Waals surface area (Å²) in [4.78, 5) is 5.07. The third kappa shape index (κ3) is 3.74. The van der Waals surface area contributed by atoms with E-state index in [9.17, 15) is 10.2 Å². The molecular weight excluding hydrogens is 426 g/mol. The molecule has 1 aliphatic heterocycles. The summed E-state index contributed by atoms with van der Waals surface area (Å²) < 4.78 is 7.45. The molecule has 4 atom stereocenters. The van der Waals surface area contributed by atoms with Crippen molar-refractivity contribution in [1.29, 1.82) is 0 Å². The van der Waals surface area contributed by atoms with Gasteiger partial charge in [-0.15, -0.1) is 0 Å². The van der Waals surface area contributed by atoms with E-state index >= 15 is 0 Å². The zero-order chi connectivity index (χ0) is 23.2. The summed E-state index contributed by atoms with van der Waals surface area (Å²) in [5.74, 6) is 3.77. The number of nitrogens with zero attached hydrogens (tertiary/aromatic N) is 3. The van der Waals surface area contributed by atoms with Crippen LogP contribution in [0.2, 0.25) is 0 Å². The van der Waals surface area contributed by atoms with E-state index in [-0.39, 0.29) is 0 Å². The molecule has 2 aromatic rings. The number of aromatic hydroxyl groups is 2. The third-order valence-corrected chi connectivity index (χ3v) is 9.31. The molecule has 6 heteroatoms. The maximum atomic E-state index is 11.0. The highest BCUT2D eigenvalue weighted by molar-refractivity contribution is 5.58. The second-order valence-corrected chi connectivity index (χ2v) is 11.1. The van der Waals surface area contributed by atoms with Crippen LogP contribution in [0.4, 0.5) is 5.69 Å². The number of benzene rings is 1. The SMILES string of the molecule is COc1ccccc1N1CCN(CC2CCCCC2Cn2c(O)c3c(c2O)C2CCC3C2)CC1. The van der Waals surface area contributed by atoms with E-state index in [1.54, 1.807) is 7.11 Å². The van der Waals surface area contributed by atoms with Crippen molar-refractivity contribution < 1.29 is 14.9 Å². The van der Waals surface area contributed by atoms with E-state index in [0.717, 1.165) is 62.6 Å². The predicted molar refractivity (Wildman–Crippen MR) is 134 cm³/mol. The quantitative estimate of drug-likeness (QED) is 0.635. The number of ether oxygens (including phenoxy) is 1. The van der Waals surface area contributed by atoms with Crippen molar-refractivity contribution in [3.63, 3.8) is 0 Å². The van der Waals surface area contributed by atoms with Crippen LogP contribution in [-0.2, 0) is 6.54 Å². The highest BCUT2D eigenvalue weighted by atomic mass is 16.5. The molecular formula is C28H39N3O3. The number of rotatable bonds is 6. The summed E-state index contributed by atoms with van der Waals surface area (Å²) in [6.45, 7) is 6.06. The van der Waals surface area contributed by atoms with Crippen LogP contribution in [0.5, 0.6) is 17.5 Å². The van der Waals surface area contributed by atoms with E-state index in [1.165, 1.54) is 44.2 Å². The maximum absolute atomic E-state index is 11.0. The Kier molecular flexibility index (Phi) is 5.88. The number of hydrogen-bond donors (Lipinski definition) is 2. The second-order valence-electron chi connectivity index (χ2n) is 11.1. The average molecular weight is 466 g/mol. The van der Waals surface area contributed by atoms with Gasteiger partial charge in [0.05, 0.1) is 12.8 Å². The molecule has 3 aliphatic carbocycles. The molecule has 0 radical (unpaired) electrons. The molecule has 2 heterocycles. The Labute approximate surface area is 203 Å². The van der Waals surface area contributed by atoms with Crippen LogP contribution < -0.4 is 9.64 Å².